The molecule has 2 heterocycles. The summed E-state index contributed by atoms with van der Waals surface area (Å²) in [5.41, 5.74) is 13.1. The molecule has 4 rings (SSSR count). The fourth-order valence-electron chi connectivity index (χ4n) is 4.98. The van der Waals surface area contributed by atoms with E-state index in [2.05, 4.69) is 30.6 Å². The highest BCUT2D eigenvalue weighted by Crippen LogP contribution is 2.32. The van der Waals surface area contributed by atoms with Gasteiger partial charge >= 0.3 is 0 Å². The van der Waals surface area contributed by atoms with Gasteiger partial charge in [-0.2, -0.15) is 0 Å². The number of anilines is 4. The SMILES string of the molecule is CCCSc1nc(Cl)c(N)c(N[C@@H]2C[C@H](OCCO)[C@@H](O)[C@H]2O)n1.Cc1nc(C)c(N)c(N[C@@H]2C[C@H](OCCO)[C@@H](O)[C@H]2O)n1. The molecule has 2 fully saturated rings. The van der Waals surface area contributed by atoms with Crippen LogP contribution >= 0.6 is 23.4 Å². The van der Waals surface area contributed by atoms with Gasteiger partial charge in [-0.3, -0.25) is 0 Å². The van der Waals surface area contributed by atoms with Crippen molar-refractivity contribution in [2.24, 2.45) is 0 Å². The molecule has 12 N–H and O–H groups in total. The van der Waals surface area contributed by atoms with Crippen LogP contribution in [0, 0.1) is 13.8 Å². The van der Waals surface area contributed by atoms with Crippen LogP contribution in [0.3, 0.4) is 0 Å². The van der Waals surface area contributed by atoms with E-state index < -0.39 is 48.7 Å². The minimum absolute atomic E-state index is 0.0977. The van der Waals surface area contributed by atoms with Crippen LogP contribution in [-0.2, 0) is 9.47 Å². The number of aliphatic hydroxyl groups is 6. The zero-order valence-corrected chi connectivity index (χ0v) is 27.1. The fraction of sp³-hybridized carbons (Fsp3) is 0.704. The predicted molar refractivity (Wildman–Crippen MR) is 170 cm³/mol. The number of aryl methyl sites for hydroxylation is 2. The topological polar surface area (TPSA) is 267 Å². The average molecular weight is 677 g/mol. The summed E-state index contributed by atoms with van der Waals surface area (Å²) in [4.78, 5) is 16.8. The maximum absolute atomic E-state index is 10.2. The number of hydrogen-bond donors (Lipinski definition) is 10. The quantitative estimate of drug-likeness (QED) is 0.0724. The zero-order chi connectivity index (χ0) is 33.3. The molecule has 16 nitrogen and oxygen atoms in total. The van der Waals surface area contributed by atoms with Gasteiger partial charge in [0.15, 0.2) is 21.9 Å². The molecule has 2 aromatic rings. The van der Waals surface area contributed by atoms with Crippen LogP contribution in [0.5, 0.6) is 0 Å². The van der Waals surface area contributed by atoms with Gasteiger partial charge in [0, 0.05) is 5.75 Å². The lowest BCUT2D eigenvalue weighted by Crippen LogP contribution is -2.36. The predicted octanol–water partition coefficient (Wildman–Crippen LogP) is -0.543. The number of nitrogen functional groups attached to an aromatic ring is 2. The molecule has 0 aromatic carbocycles. The highest BCUT2D eigenvalue weighted by Gasteiger charge is 2.43. The van der Waals surface area contributed by atoms with Gasteiger partial charge in [0.2, 0.25) is 0 Å². The van der Waals surface area contributed by atoms with Crippen molar-refractivity contribution >= 4 is 46.4 Å². The molecule has 45 heavy (non-hydrogen) atoms. The lowest BCUT2D eigenvalue weighted by molar-refractivity contribution is -0.0612. The Morgan fingerprint density at radius 2 is 1.31 bits per heavy atom. The number of aliphatic hydroxyl groups excluding tert-OH is 6. The Labute approximate surface area is 270 Å². The number of rotatable bonds is 13. The van der Waals surface area contributed by atoms with Gasteiger partial charge in [-0.05, 0) is 33.1 Å². The van der Waals surface area contributed by atoms with Crippen LogP contribution in [0.1, 0.15) is 37.7 Å². The first-order valence-corrected chi connectivity index (χ1v) is 16.0. The van der Waals surface area contributed by atoms with Crippen molar-refractivity contribution in [1.29, 1.82) is 0 Å². The molecule has 2 saturated carbocycles. The van der Waals surface area contributed by atoms with Crippen molar-refractivity contribution in [1.82, 2.24) is 19.9 Å². The molecule has 254 valence electrons. The zero-order valence-electron chi connectivity index (χ0n) is 25.5. The average Bonchev–Trinajstić information content (AvgIpc) is 3.43. The standard InChI is InChI=1S/C14H23ClN4O4S.C13H22N4O4/c1-2-5-24-14-18-12(15)9(16)13(19-14)17-7-6-8(23-4-3-20)11(22)10(7)21;1-6-10(14)13(16-7(2)15-6)17-8-5-9(21-4-3-18)12(20)11(8)19/h7-8,10-11,20-22H,2-6,16H2,1H3,(H,17,18,19);8-9,11-12,18-20H,3-5,14H2,1-2H3,(H,15,16,17)/t7-,8+,10+,11-;8-,9+,11+,12-/m11/s1. The van der Waals surface area contributed by atoms with Gasteiger partial charge in [-0.15, -0.1) is 0 Å². The summed E-state index contributed by atoms with van der Waals surface area (Å²) in [5.74, 6) is 2.19. The van der Waals surface area contributed by atoms with E-state index in [0.29, 0.717) is 46.8 Å². The molecule has 0 saturated heterocycles. The Morgan fingerprint density at radius 3 is 1.80 bits per heavy atom. The molecule has 2 aromatic heterocycles. The number of nitrogens with zero attached hydrogens (tertiary/aromatic N) is 4. The summed E-state index contributed by atoms with van der Waals surface area (Å²) in [5, 5.41) is 64.5. The van der Waals surface area contributed by atoms with E-state index in [-0.39, 0.29) is 37.3 Å². The third-order valence-corrected chi connectivity index (χ3v) is 8.65. The second kappa shape index (κ2) is 17.6. The van der Waals surface area contributed by atoms with E-state index in [1.165, 1.54) is 11.8 Å². The lowest BCUT2D eigenvalue weighted by atomic mass is 10.2. The van der Waals surface area contributed by atoms with Gasteiger partial charge in [-0.25, -0.2) is 19.9 Å². The largest absolute Gasteiger partial charge is 0.394 e. The molecule has 0 aliphatic heterocycles. The number of nitrogens with one attached hydrogen (secondary N) is 2. The van der Waals surface area contributed by atoms with Gasteiger partial charge < -0.3 is 62.2 Å². The van der Waals surface area contributed by atoms with E-state index in [4.69, 9.17) is 42.8 Å². The van der Waals surface area contributed by atoms with Crippen LogP contribution in [0.2, 0.25) is 5.15 Å². The minimum Gasteiger partial charge on any atom is -0.394 e. The highest BCUT2D eigenvalue weighted by atomic mass is 35.5. The molecule has 0 bridgehead atoms. The summed E-state index contributed by atoms with van der Waals surface area (Å²) in [7, 11) is 0. The van der Waals surface area contributed by atoms with Crippen LogP contribution in [0.25, 0.3) is 0 Å². The first kappa shape index (κ1) is 37.1. The normalized spacial score (nSPS) is 27.7. The number of ether oxygens (including phenoxy) is 2. The molecule has 0 unspecified atom stereocenters. The molecule has 0 amide bonds. The molecule has 2 aliphatic rings. The number of hydrogen-bond acceptors (Lipinski definition) is 17. The Kier molecular flexibility index (Phi) is 14.5. The maximum atomic E-state index is 10.2. The van der Waals surface area contributed by atoms with Crippen LogP contribution in [-0.4, -0.2) is 131 Å². The lowest BCUT2D eigenvalue weighted by Gasteiger charge is -2.19. The summed E-state index contributed by atoms with van der Waals surface area (Å²) in [6, 6.07) is -0.930. The molecule has 18 heteroatoms. The van der Waals surface area contributed by atoms with Crippen molar-refractivity contribution in [3.05, 3.63) is 16.7 Å². The van der Waals surface area contributed by atoms with Crippen molar-refractivity contribution < 1.29 is 40.1 Å². The summed E-state index contributed by atoms with van der Waals surface area (Å²) in [6.07, 6.45) is -3.51. The summed E-state index contributed by atoms with van der Waals surface area (Å²) in [6.45, 7) is 5.52. The number of thioether (sulfide) groups is 1. The number of aromatic nitrogens is 4. The molecular formula is C27H45ClN8O8S. The number of nitrogens with two attached hydrogens (primary N) is 2. The molecule has 8 atom stereocenters. The van der Waals surface area contributed by atoms with E-state index in [0.717, 1.165) is 12.2 Å². The van der Waals surface area contributed by atoms with Gasteiger partial charge in [0.05, 0.1) is 62.1 Å². The Morgan fingerprint density at radius 1 is 0.800 bits per heavy atom. The second-order valence-electron chi connectivity index (χ2n) is 10.7. The van der Waals surface area contributed by atoms with E-state index in [9.17, 15) is 20.4 Å². The Bertz CT molecular complexity index is 1240. The smallest absolute Gasteiger partial charge is 0.191 e. The van der Waals surface area contributed by atoms with Crippen molar-refractivity contribution in [2.45, 2.75) is 93.9 Å². The van der Waals surface area contributed by atoms with Gasteiger partial charge in [0.25, 0.3) is 0 Å². The van der Waals surface area contributed by atoms with Crippen LogP contribution < -0.4 is 22.1 Å². The molecule has 2 aliphatic carbocycles. The first-order chi connectivity index (χ1) is 21.4. The van der Waals surface area contributed by atoms with E-state index in [1.54, 1.807) is 13.8 Å². The third kappa shape index (κ3) is 9.84. The van der Waals surface area contributed by atoms with Crippen molar-refractivity contribution in [3.63, 3.8) is 0 Å². The third-order valence-electron chi connectivity index (χ3n) is 7.31. The summed E-state index contributed by atoms with van der Waals surface area (Å²) >= 11 is 7.51. The maximum Gasteiger partial charge on any atom is 0.191 e. The molecule has 0 radical (unpaired) electrons. The van der Waals surface area contributed by atoms with E-state index >= 15 is 0 Å². The minimum atomic E-state index is -1.05. The van der Waals surface area contributed by atoms with Crippen LogP contribution in [0.4, 0.5) is 23.0 Å². The Hall–Kier alpha value is -2.32. The molecule has 0 spiro atoms. The van der Waals surface area contributed by atoms with Gasteiger partial charge in [0.1, 0.15) is 35.9 Å². The van der Waals surface area contributed by atoms with Crippen molar-refractivity contribution in [3.8, 4) is 0 Å². The monoisotopic (exact) mass is 676 g/mol. The fourth-order valence-corrected chi connectivity index (χ4v) is 5.90. The van der Waals surface area contributed by atoms with Gasteiger partial charge in [-0.1, -0.05) is 30.3 Å². The van der Waals surface area contributed by atoms with E-state index in [1.807, 2.05) is 6.92 Å². The first-order valence-electron chi connectivity index (χ1n) is 14.7. The second-order valence-corrected chi connectivity index (χ2v) is 12.1. The highest BCUT2D eigenvalue weighted by molar-refractivity contribution is 7.99. The van der Waals surface area contributed by atoms with Crippen LogP contribution in [0.15, 0.2) is 5.16 Å². The molecular weight excluding hydrogens is 632 g/mol. The summed E-state index contributed by atoms with van der Waals surface area (Å²) < 4.78 is 10.7. The Balaban J connectivity index is 0.000000248. The van der Waals surface area contributed by atoms with Crippen molar-refractivity contribution in [2.75, 3.05) is 54.3 Å². The number of halogens is 1.